The van der Waals surface area contributed by atoms with Crippen LogP contribution < -0.4 is 4.72 Å². The molecule has 0 radical (unpaired) electrons. The van der Waals surface area contributed by atoms with Crippen molar-refractivity contribution in [3.05, 3.63) is 28.0 Å². The lowest BCUT2D eigenvalue weighted by Gasteiger charge is -2.14. The van der Waals surface area contributed by atoms with Gasteiger partial charge in [-0.3, -0.25) is 4.72 Å². The summed E-state index contributed by atoms with van der Waals surface area (Å²) in [5, 5.41) is 7.46. The monoisotopic (exact) mass is 301 g/mol. The Morgan fingerprint density at radius 1 is 1.41 bits per heavy atom. The summed E-state index contributed by atoms with van der Waals surface area (Å²) in [4.78, 5) is 0. The van der Waals surface area contributed by atoms with Crippen LogP contribution in [0.1, 0.15) is 6.92 Å². The molecule has 0 aliphatic carbocycles. The Bertz CT molecular complexity index is 498. The number of aliphatic hydroxyl groups is 1. The van der Waals surface area contributed by atoms with Gasteiger partial charge in [0.05, 0.1) is 22.3 Å². The van der Waals surface area contributed by atoms with Gasteiger partial charge in [0.25, 0.3) is 0 Å². The topological polar surface area (TPSA) is 66.4 Å². The minimum absolute atomic E-state index is 0.102. The average molecular weight is 302 g/mol. The number of nitrogens with one attached hydrogen (secondary N) is 1. The summed E-state index contributed by atoms with van der Waals surface area (Å²) >= 11 is 11.3. The fourth-order valence-corrected chi connectivity index (χ4v) is 2.55. The highest BCUT2D eigenvalue weighted by Gasteiger charge is 2.22. The van der Waals surface area contributed by atoms with Crippen molar-refractivity contribution in [1.29, 1.82) is 0 Å². The highest BCUT2D eigenvalue weighted by atomic mass is 35.5. The minimum Gasteiger partial charge on any atom is -0.395 e. The van der Waals surface area contributed by atoms with Crippen LogP contribution in [0.15, 0.2) is 12.1 Å². The van der Waals surface area contributed by atoms with E-state index in [9.17, 15) is 12.8 Å². The fourth-order valence-electron chi connectivity index (χ4n) is 0.981. The van der Waals surface area contributed by atoms with Crippen molar-refractivity contribution in [1.82, 2.24) is 0 Å². The molecule has 96 valence electrons. The predicted octanol–water partition coefficient (Wildman–Crippen LogP) is 2.25. The second-order valence-electron chi connectivity index (χ2n) is 3.38. The molecule has 0 saturated heterocycles. The van der Waals surface area contributed by atoms with Crippen LogP contribution in [0.25, 0.3) is 0 Å². The molecule has 0 fully saturated rings. The van der Waals surface area contributed by atoms with Gasteiger partial charge in [-0.2, -0.15) is 0 Å². The molecule has 0 spiro atoms. The molecule has 8 heteroatoms. The second-order valence-corrected chi connectivity index (χ2v) is 6.30. The zero-order valence-electron chi connectivity index (χ0n) is 8.75. The number of halogens is 3. The van der Waals surface area contributed by atoms with Crippen LogP contribution >= 0.6 is 23.2 Å². The molecule has 0 aliphatic heterocycles. The van der Waals surface area contributed by atoms with Gasteiger partial charge in [-0.25, -0.2) is 12.8 Å². The van der Waals surface area contributed by atoms with Crippen molar-refractivity contribution in [3.8, 4) is 0 Å². The summed E-state index contributed by atoms with van der Waals surface area (Å²) in [5.74, 6) is -0.668. The Labute approximate surface area is 108 Å². The maximum Gasteiger partial charge on any atom is 0.237 e. The van der Waals surface area contributed by atoms with E-state index in [2.05, 4.69) is 4.72 Å². The molecule has 4 nitrogen and oxygen atoms in total. The highest BCUT2D eigenvalue weighted by Crippen LogP contribution is 2.32. The standard InChI is InChI=1S/C9H10Cl2FNO3S/c1-5(4-14)17(15,16)13-9-7(10)2-6(12)3-8(9)11/h2-3,5,13-14H,4H2,1H3. The van der Waals surface area contributed by atoms with Crippen molar-refractivity contribution >= 4 is 38.9 Å². The molecule has 0 aliphatic rings. The number of aliphatic hydroxyl groups excluding tert-OH is 1. The lowest BCUT2D eigenvalue weighted by molar-refractivity contribution is 0.296. The van der Waals surface area contributed by atoms with Crippen LogP contribution in [0.3, 0.4) is 0 Å². The first-order chi connectivity index (χ1) is 7.77. The van der Waals surface area contributed by atoms with Gasteiger partial charge in [0.15, 0.2) is 0 Å². The molecule has 0 saturated carbocycles. The molecule has 1 rings (SSSR count). The SMILES string of the molecule is CC(CO)S(=O)(=O)Nc1c(Cl)cc(F)cc1Cl. The normalized spacial score (nSPS) is 13.5. The highest BCUT2D eigenvalue weighted by molar-refractivity contribution is 7.93. The van der Waals surface area contributed by atoms with Crippen molar-refractivity contribution in [2.24, 2.45) is 0 Å². The van der Waals surface area contributed by atoms with Crippen LogP contribution in [-0.4, -0.2) is 25.4 Å². The number of hydrogen-bond donors (Lipinski definition) is 2. The molecule has 1 aromatic rings. The summed E-state index contributed by atoms with van der Waals surface area (Å²) in [6, 6.07) is 1.88. The Morgan fingerprint density at radius 2 is 1.88 bits per heavy atom. The van der Waals surface area contributed by atoms with E-state index in [0.717, 1.165) is 12.1 Å². The molecule has 0 heterocycles. The van der Waals surface area contributed by atoms with Gasteiger partial charge in [0.2, 0.25) is 10.0 Å². The third-order valence-electron chi connectivity index (χ3n) is 2.04. The lowest BCUT2D eigenvalue weighted by Crippen LogP contribution is -2.28. The third-order valence-corrected chi connectivity index (χ3v) is 4.33. The van der Waals surface area contributed by atoms with E-state index in [1.54, 1.807) is 0 Å². The van der Waals surface area contributed by atoms with Crippen molar-refractivity contribution in [2.45, 2.75) is 12.2 Å². The zero-order chi connectivity index (χ0) is 13.2. The van der Waals surface area contributed by atoms with Crippen LogP contribution in [-0.2, 0) is 10.0 Å². The number of hydrogen-bond acceptors (Lipinski definition) is 3. The first-order valence-corrected chi connectivity index (χ1v) is 6.85. The zero-order valence-corrected chi connectivity index (χ0v) is 11.1. The molecule has 2 N–H and O–H groups in total. The van der Waals surface area contributed by atoms with E-state index in [-0.39, 0.29) is 15.7 Å². The van der Waals surface area contributed by atoms with E-state index in [1.807, 2.05) is 0 Å². The Morgan fingerprint density at radius 3 is 2.29 bits per heavy atom. The molecule has 1 unspecified atom stereocenters. The third kappa shape index (κ3) is 3.45. The van der Waals surface area contributed by atoms with E-state index in [4.69, 9.17) is 28.3 Å². The summed E-state index contributed by atoms with van der Waals surface area (Å²) in [5.41, 5.74) is -0.102. The largest absolute Gasteiger partial charge is 0.395 e. The van der Waals surface area contributed by atoms with Gasteiger partial charge in [-0.15, -0.1) is 0 Å². The molecule has 0 aromatic heterocycles. The number of anilines is 1. The summed E-state index contributed by atoms with van der Waals surface area (Å²) < 4.78 is 38.3. The van der Waals surface area contributed by atoms with Crippen LogP contribution in [0, 0.1) is 5.82 Å². The van der Waals surface area contributed by atoms with Gasteiger partial charge < -0.3 is 5.11 Å². The average Bonchev–Trinajstić information content (AvgIpc) is 2.22. The van der Waals surface area contributed by atoms with E-state index < -0.39 is 27.7 Å². The van der Waals surface area contributed by atoms with Crippen molar-refractivity contribution in [2.75, 3.05) is 11.3 Å². The molecule has 1 atom stereocenters. The van der Waals surface area contributed by atoms with Crippen molar-refractivity contribution in [3.63, 3.8) is 0 Å². The molecule has 0 amide bonds. The van der Waals surface area contributed by atoms with E-state index in [1.165, 1.54) is 6.92 Å². The van der Waals surface area contributed by atoms with Crippen LogP contribution in [0.4, 0.5) is 10.1 Å². The lowest BCUT2D eigenvalue weighted by atomic mass is 10.3. The van der Waals surface area contributed by atoms with Gasteiger partial charge >= 0.3 is 0 Å². The first-order valence-electron chi connectivity index (χ1n) is 4.55. The Hall–Kier alpha value is -0.560. The molecular weight excluding hydrogens is 292 g/mol. The first kappa shape index (κ1) is 14.5. The van der Waals surface area contributed by atoms with Gasteiger partial charge in [0.1, 0.15) is 11.1 Å². The van der Waals surface area contributed by atoms with Crippen LogP contribution in [0.5, 0.6) is 0 Å². The molecular formula is C9H10Cl2FNO3S. The van der Waals surface area contributed by atoms with E-state index >= 15 is 0 Å². The predicted molar refractivity (Wildman–Crippen MR) is 65.5 cm³/mol. The van der Waals surface area contributed by atoms with Crippen molar-refractivity contribution < 1.29 is 17.9 Å². The Kier molecular flexibility index (Phi) is 4.60. The fraction of sp³-hybridized carbons (Fsp3) is 0.333. The summed E-state index contributed by atoms with van der Waals surface area (Å²) in [6.45, 7) is 0.763. The maximum atomic E-state index is 12.9. The maximum absolute atomic E-state index is 12.9. The van der Waals surface area contributed by atoms with E-state index in [0.29, 0.717) is 0 Å². The van der Waals surface area contributed by atoms with Gasteiger partial charge in [0, 0.05) is 0 Å². The number of benzene rings is 1. The van der Waals surface area contributed by atoms with Gasteiger partial charge in [-0.05, 0) is 19.1 Å². The molecule has 1 aromatic carbocycles. The summed E-state index contributed by atoms with van der Waals surface area (Å²) in [7, 11) is -3.81. The van der Waals surface area contributed by atoms with Crippen LogP contribution in [0.2, 0.25) is 10.0 Å². The quantitative estimate of drug-likeness (QED) is 0.896. The minimum atomic E-state index is -3.81. The number of rotatable bonds is 4. The second kappa shape index (κ2) is 5.39. The number of sulfonamides is 1. The molecule has 0 bridgehead atoms. The smallest absolute Gasteiger partial charge is 0.237 e. The summed E-state index contributed by atoms with van der Waals surface area (Å²) in [6.07, 6.45) is 0. The Balaban J connectivity index is 3.13. The molecule has 17 heavy (non-hydrogen) atoms. The van der Waals surface area contributed by atoms with Gasteiger partial charge in [-0.1, -0.05) is 23.2 Å².